The van der Waals surface area contributed by atoms with Gasteiger partial charge in [0, 0.05) is 19.3 Å². The molecule has 2 atom stereocenters. The molecule has 0 aliphatic heterocycles. The van der Waals surface area contributed by atoms with Crippen LogP contribution < -0.4 is 0 Å². The molecular formula is C62H120O6. The Morgan fingerprint density at radius 3 is 0.765 bits per heavy atom. The molecule has 6 heteroatoms. The van der Waals surface area contributed by atoms with Gasteiger partial charge < -0.3 is 14.2 Å². The van der Waals surface area contributed by atoms with Crippen LogP contribution in [0, 0.1) is 17.8 Å². The van der Waals surface area contributed by atoms with Crippen LogP contribution in [-0.4, -0.2) is 37.2 Å². The number of unbranched alkanes of at least 4 members (excludes halogenated alkanes) is 37. The molecule has 0 spiro atoms. The van der Waals surface area contributed by atoms with Crippen LogP contribution in [0.5, 0.6) is 0 Å². The highest BCUT2D eigenvalue weighted by Crippen LogP contribution is 2.19. The molecule has 0 amide bonds. The first kappa shape index (κ1) is 66.4. The van der Waals surface area contributed by atoms with Crippen molar-refractivity contribution >= 4 is 17.9 Å². The van der Waals surface area contributed by atoms with E-state index in [2.05, 4.69) is 41.5 Å². The summed E-state index contributed by atoms with van der Waals surface area (Å²) in [6.07, 6.45) is 56.7. The van der Waals surface area contributed by atoms with Gasteiger partial charge >= 0.3 is 17.9 Å². The fourth-order valence-corrected chi connectivity index (χ4v) is 9.50. The third kappa shape index (κ3) is 53.8. The van der Waals surface area contributed by atoms with Crippen LogP contribution in [0.15, 0.2) is 0 Å². The molecule has 0 radical (unpaired) electrons. The molecule has 0 aromatic heterocycles. The Kier molecular flexibility index (Phi) is 52.0. The number of hydrogen-bond acceptors (Lipinski definition) is 6. The van der Waals surface area contributed by atoms with Crippen molar-refractivity contribution in [1.82, 2.24) is 0 Å². The first-order valence-electron chi connectivity index (χ1n) is 30.6. The highest BCUT2D eigenvalue weighted by molar-refractivity contribution is 5.71. The summed E-state index contributed by atoms with van der Waals surface area (Å²) in [6.45, 7) is 13.8. The van der Waals surface area contributed by atoms with E-state index in [0.29, 0.717) is 19.3 Å². The Bertz CT molecular complexity index is 1060. The maximum Gasteiger partial charge on any atom is 0.306 e. The molecule has 68 heavy (non-hydrogen) atoms. The van der Waals surface area contributed by atoms with Crippen LogP contribution in [0.4, 0.5) is 0 Å². The number of esters is 3. The van der Waals surface area contributed by atoms with Gasteiger partial charge in [-0.2, -0.15) is 0 Å². The second-order valence-corrected chi connectivity index (χ2v) is 22.5. The quantitative estimate of drug-likeness (QED) is 0.0343. The second-order valence-electron chi connectivity index (χ2n) is 22.5. The number of hydrogen-bond donors (Lipinski definition) is 0. The summed E-state index contributed by atoms with van der Waals surface area (Å²) in [7, 11) is 0. The van der Waals surface area contributed by atoms with Crippen molar-refractivity contribution in [3.8, 4) is 0 Å². The van der Waals surface area contributed by atoms with Gasteiger partial charge in [-0.3, -0.25) is 14.4 Å². The van der Waals surface area contributed by atoms with Crippen molar-refractivity contribution in [3.05, 3.63) is 0 Å². The van der Waals surface area contributed by atoms with Gasteiger partial charge in [-0.1, -0.05) is 305 Å². The fourth-order valence-electron chi connectivity index (χ4n) is 9.50. The first-order chi connectivity index (χ1) is 33.1. The van der Waals surface area contributed by atoms with Crippen molar-refractivity contribution in [2.24, 2.45) is 17.8 Å². The zero-order valence-corrected chi connectivity index (χ0v) is 46.9. The molecule has 0 saturated carbocycles. The Morgan fingerprint density at radius 1 is 0.294 bits per heavy atom. The first-order valence-corrected chi connectivity index (χ1v) is 30.6. The largest absolute Gasteiger partial charge is 0.462 e. The van der Waals surface area contributed by atoms with Crippen molar-refractivity contribution in [2.45, 2.75) is 349 Å². The van der Waals surface area contributed by atoms with Crippen molar-refractivity contribution in [1.29, 1.82) is 0 Å². The molecule has 0 bridgehead atoms. The van der Waals surface area contributed by atoms with E-state index in [1.807, 2.05) is 0 Å². The second kappa shape index (κ2) is 53.2. The lowest BCUT2D eigenvalue weighted by Gasteiger charge is -2.18. The minimum atomic E-state index is -0.764. The van der Waals surface area contributed by atoms with Gasteiger partial charge in [0.1, 0.15) is 13.2 Å². The summed E-state index contributed by atoms with van der Waals surface area (Å²) < 4.78 is 16.9. The average Bonchev–Trinajstić information content (AvgIpc) is 3.31. The zero-order valence-electron chi connectivity index (χ0n) is 46.9. The number of rotatable bonds is 55. The van der Waals surface area contributed by atoms with Gasteiger partial charge in [0.15, 0.2) is 6.10 Å². The van der Waals surface area contributed by atoms with Crippen LogP contribution in [-0.2, 0) is 28.6 Å². The molecule has 0 aromatic carbocycles. The number of carbonyl (C=O) groups is 3. The van der Waals surface area contributed by atoms with E-state index in [1.165, 1.54) is 225 Å². The Balaban J connectivity index is 4.23. The van der Waals surface area contributed by atoms with E-state index >= 15 is 0 Å². The smallest absolute Gasteiger partial charge is 0.306 e. The molecule has 404 valence electrons. The summed E-state index contributed by atoms with van der Waals surface area (Å²) in [5.74, 6) is 1.71. The third-order valence-electron chi connectivity index (χ3n) is 14.5. The predicted octanol–water partition coefficient (Wildman–Crippen LogP) is 20.3. The van der Waals surface area contributed by atoms with E-state index in [0.717, 1.165) is 75.5 Å². The standard InChI is InChI=1S/C62H120O6/c1-7-58(6)50-44-38-32-28-29-35-41-47-53-62(65)68-59(55-67-61(64)52-46-40-34-27-23-19-15-14-17-21-25-31-37-43-49-57(4)5)54-66-60(63)51-45-39-33-26-22-18-13-11-9-8-10-12-16-20-24-30-36-42-48-56(2)3/h56-59H,7-55H2,1-6H3/t58?,59-/m0/s1. The molecule has 0 saturated heterocycles. The van der Waals surface area contributed by atoms with E-state index in [1.54, 1.807) is 0 Å². The summed E-state index contributed by atoms with van der Waals surface area (Å²) >= 11 is 0. The lowest BCUT2D eigenvalue weighted by molar-refractivity contribution is -0.167. The van der Waals surface area contributed by atoms with Crippen molar-refractivity contribution < 1.29 is 28.6 Å². The average molecular weight is 962 g/mol. The van der Waals surface area contributed by atoms with Crippen LogP contribution in [0.25, 0.3) is 0 Å². The lowest BCUT2D eigenvalue weighted by atomic mass is 9.99. The third-order valence-corrected chi connectivity index (χ3v) is 14.5. The Labute approximate surface area is 425 Å². The van der Waals surface area contributed by atoms with Crippen LogP contribution in [0.3, 0.4) is 0 Å². The Hall–Kier alpha value is -1.59. The fraction of sp³-hybridized carbons (Fsp3) is 0.952. The van der Waals surface area contributed by atoms with Crippen LogP contribution in [0.1, 0.15) is 343 Å². The molecule has 0 aliphatic rings. The molecule has 0 heterocycles. The molecule has 0 rings (SSSR count). The lowest BCUT2D eigenvalue weighted by Crippen LogP contribution is -2.30. The van der Waals surface area contributed by atoms with Crippen LogP contribution in [0.2, 0.25) is 0 Å². The van der Waals surface area contributed by atoms with E-state index in [-0.39, 0.29) is 31.1 Å². The summed E-state index contributed by atoms with van der Waals surface area (Å²) in [6, 6.07) is 0. The topological polar surface area (TPSA) is 78.9 Å². The van der Waals surface area contributed by atoms with E-state index in [9.17, 15) is 14.4 Å². The van der Waals surface area contributed by atoms with Crippen LogP contribution >= 0.6 is 0 Å². The highest BCUT2D eigenvalue weighted by Gasteiger charge is 2.19. The minimum Gasteiger partial charge on any atom is -0.462 e. The normalized spacial score (nSPS) is 12.5. The molecule has 0 aromatic rings. The number of ether oxygens (including phenoxy) is 3. The van der Waals surface area contributed by atoms with Crippen molar-refractivity contribution in [3.63, 3.8) is 0 Å². The summed E-state index contributed by atoms with van der Waals surface area (Å²) in [4.78, 5) is 38.2. The molecular weight excluding hydrogens is 841 g/mol. The van der Waals surface area contributed by atoms with Gasteiger partial charge in [0.2, 0.25) is 0 Å². The van der Waals surface area contributed by atoms with Gasteiger partial charge in [0.05, 0.1) is 0 Å². The maximum absolute atomic E-state index is 12.8. The van der Waals surface area contributed by atoms with E-state index in [4.69, 9.17) is 14.2 Å². The maximum atomic E-state index is 12.8. The minimum absolute atomic E-state index is 0.0635. The highest BCUT2D eigenvalue weighted by atomic mass is 16.6. The van der Waals surface area contributed by atoms with E-state index < -0.39 is 6.10 Å². The van der Waals surface area contributed by atoms with Gasteiger partial charge in [-0.05, 0) is 37.0 Å². The molecule has 0 aliphatic carbocycles. The summed E-state index contributed by atoms with van der Waals surface area (Å²) in [5, 5.41) is 0. The van der Waals surface area contributed by atoms with Gasteiger partial charge in [-0.25, -0.2) is 0 Å². The number of carbonyl (C=O) groups excluding carboxylic acids is 3. The molecule has 0 N–H and O–H groups in total. The van der Waals surface area contributed by atoms with Crippen molar-refractivity contribution in [2.75, 3.05) is 13.2 Å². The predicted molar refractivity (Wildman–Crippen MR) is 293 cm³/mol. The molecule has 1 unspecified atom stereocenters. The zero-order chi connectivity index (χ0) is 49.8. The van der Waals surface area contributed by atoms with Gasteiger partial charge in [0.25, 0.3) is 0 Å². The molecule has 6 nitrogen and oxygen atoms in total. The molecule has 0 fully saturated rings. The monoisotopic (exact) mass is 961 g/mol. The Morgan fingerprint density at radius 2 is 0.515 bits per heavy atom. The summed E-state index contributed by atoms with van der Waals surface area (Å²) in [5.41, 5.74) is 0. The van der Waals surface area contributed by atoms with Gasteiger partial charge in [-0.15, -0.1) is 0 Å². The SMILES string of the molecule is CCC(C)CCCCCCCCCCC(=O)O[C@@H](COC(=O)CCCCCCCCCCCCCCCCCCCCC(C)C)COC(=O)CCCCCCCCCCCCCCCCC(C)C.